The van der Waals surface area contributed by atoms with Crippen molar-refractivity contribution < 1.29 is 19.2 Å². The Kier molecular flexibility index (Phi) is 3.75. The number of imide groups is 2. The summed E-state index contributed by atoms with van der Waals surface area (Å²) < 4.78 is 0. The molecule has 3 rings (SSSR count). The first-order valence-corrected chi connectivity index (χ1v) is 7.73. The van der Waals surface area contributed by atoms with Gasteiger partial charge in [0.2, 0.25) is 11.8 Å². The highest BCUT2D eigenvalue weighted by Crippen LogP contribution is 2.28. The largest absolute Gasteiger partial charge is 0.295 e. The molecule has 6 nitrogen and oxygen atoms in total. The van der Waals surface area contributed by atoms with E-state index in [1.54, 1.807) is 12.1 Å². The third kappa shape index (κ3) is 2.65. The van der Waals surface area contributed by atoms with E-state index in [0.29, 0.717) is 17.0 Å². The molecule has 1 atom stereocenters. The van der Waals surface area contributed by atoms with E-state index in [9.17, 15) is 19.2 Å². The number of rotatable bonds is 3. The van der Waals surface area contributed by atoms with Crippen LogP contribution in [0.1, 0.15) is 53.0 Å². The average Bonchev–Trinajstić information content (AvgIpc) is 2.71. The number of hydrogen-bond acceptors (Lipinski definition) is 4. The summed E-state index contributed by atoms with van der Waals surface area (Å²) in [6, 6.07) is 4.33. The molecule has 1 aromatic carbocycles. The van der Waals surface area contributed by atoms with Crippen molar-refractivity contribution in [1.29, 1.82) is 0 Å². The lowest BCUT2D eigenvalue weighted by molar-refractivity contribution is -0.136. The Labute approximate surface area is 133 Å². The first kappa shape index (κ1) is 15.4. The number of nitrogens with one attached hydrogen (secondary N) is 1. The highest BCUT2D eigenvalue weighted by molar-refractivity contribution is 6.23. The van der Waals surface area contributed by atoms with Gasteiger partial charge in [-0.25, -0.2) is 0 Å². The number of hydrogen-bond donors (Lipinski definition) is 1. The van der Waals surface area contributed by atoms with Gasteiger partial charge in [0.15, 0.2) is 0 Å². The molecule has 1 N–H and O–H groups in total. The second-order valence-electron chi connectivity index (χ2n) is 6.43. The monoisotopic (exact) mass is 314 g/mol. The molecule has 0 radical (unpaired) electrons. The normalized spacial score (nSPS) is 21.0. The summed E-state index contributed by atoms with van der Waals surface area (Å²) in [5.74, 6) is -1.44. The van der Waals surface area contributed by atoms with Gasteiger partial charge in [0.25, 0.3) is 11.8 Å². The van der Waals surface area contributed by atoms with Crippen molar-refractivity contribution in [3.8, 4) is 0 Å². The molecule has 0 saturated carbocycles. The van der Waals surface area contributed by atoms with E-state index in [1.165, 1.54) is 0 Å². The molecule has 1 fully saturated rings. The first-order valence-electron chi connectivity index (χ1n) is 7.73. The molecule has 0 spiro atoms. The molecule has 0 bridgehead atoms. The van der Waals surface area contributed by atoms with Gasteiger partial charge in [0.1, 0.15) is 6.04 Å². The zero-order valence-electron chi connectivity index (χ0n) is 13.1. The van der Waals surface area contributed by atoms with Gasteiger partial charge < -0.3 is 0 Å². The first-order chi connectivity index (χ1) is 10.9. The predicted molar refractivity (Wildman–Crippen MR) is 81.7 cm³/mol. The fraction of sp³-hybridized carbons (Fsp3) is 0.412. The van der Waals surface area contributed by atoms with Gasteiger partial charge in [0, 0.05) is 6.42 Å². The smallest absolute Gasteiger partial charge is 0.262 e. The van der Waals surface area contributed by atoms with E-state index >= 15 is 0 Å². The average molecular weight is 314 g/mol. The number of carbonyl (C=O) groups excluding carboxylic acids is 4. The summed E-state index contributed by atoms with van der Waals surface area (Å²) in [5.41, 5.74) is 1.66. The van der Waals surface area contributed by atoms with Crippen LogP contribution in [-0.4, -0.2) is 34.6 Å². The molecule has 1 aromatic rings. The van der Waals surface area contributed by atoms with Crippen molar-refractivity contribution in [2.24, 2.45) is 5.92 Å². The maximum absolute atomic E-state index is 12.6. The lowest BCUT2D eigenvalue weighted by atomic mass is 9.99. The van der Waals surface area contributed by atoms with Crippen molar-refractivity contribution in [1.82, 2.24) is 10.2 Å². The van der Waals surface area contributed by atoms with Crippen LogP contribution in [0.25, 0.3) is 0 Å². The van der Waals surface area contributed by atoms with E-state index in [0.717, 1.165) is 16.9 Å². The molecule has 1 unspecified atom stereocenters. The molecule has 2 heterocycles. The summed E-state index contributed by atoms with van der Waals surface area (Å²) in [5, 5.41) is 2.19. The minimum Gasteiger partial charge on any atom is -0.295 e. The summed E-state index contributed by atoms with van der Waals surface area (Å²) in [7, 11) is 0. The predicted octanol–water partition coefficient (Wildman–Crippen LogP) is 1.29. The molecule has 6 heteroatoms. The Morgan fingerprint density at radius 2 is 1.83 bits per heavy atom. The molecule has 2 aliphatic rings. The molecule has 1 saturated heterocycles. The van der Waals surface area contributed by atoms with Gasteiger partial charge in [-0.15, -0.1) is 0 Å². The Hall–Kier alpha value is -2.50. The van der Waals surface area contributed by atoms with Gasteiger partial charge in [0.05, 0.1) is 11.1 Å². The number of nitrogens with zero attached hydrogens (tertiary/aromatic N) is 1. The van der Waals surface area contributed by atoms with Crippen LogP contribution < -0.4 is 5.32 Å². The van der Waals surface area contributed by atoms with Gasteiger partial charge >= 0.3 is 0 Å². The van der Waals surface area contributed by atoms with E-state index in [2.05, 4.69) is 19.2 Å². The van der Waals surface area contributed by atoms with Gasteiger partial charge in [-0.2, -0.15) is 0 Å². The van der Waals surface area contributed by atoms with Crippen molar-refractivity contribution in [3.63, 3.8) is 0 Å². The maximum atomic E-state index is 12.6. The van der Waals surface area contributed by atoms with Crippen LogP contribution in [-0.2, 0) is 16.0 Å². The summed E-state index contributed by atoms with van der Waals surface area (Å²) >= 11 is 0. The minimum absolute atomic E-state index is 0.127. The molecule has 4 amide bonds. The summed E-state index contributed by atoms with van der Waals surface area (Å²) in [6.07, 6.45) is 1.12. The zero-order valence-corrected chi connectivity index (χ0v) is 13.1. The molecule has 0 aromatic heterocycles. The van der Waals surface area contributed by atoms with Crippen LogP contribution in [0.15, 0.2) is 18.2 Å². The topological polar surface area (TPSA) is 83.6 Å². The van der Waals surface area contributed by atoms with Crippen LogP contribution in [0.4, 0.5) is 0 Å². The SMILES string of the molecule is CC(C)Cc1ccc2c(c1)C(=O)N(C1CCC(=O)NC1=O)C2=O. The quantitative estimate of drug-likeness (QED) is 0.852. The van der Waals surface area contributed by atoms with Crippen LogP contribution in [0.5, 0.6) is 0 Å². The van der Waals surface area contributed by atoms with Gasteiger partial charge in [-0.05, 0) is 36.5 Å². The van der Waals surface area contributed by atoms with E-state index in [1.807, 2.05) is 6.07 Å². The number of carbonyl (C=O) groups is 4. The van der Waals surface area contributed by atoms with Gasteiger partial charge in [-0.3, -0.25) is 29.4 Å². The van der Waals surface area contributed by atoms with Crippen LogP contribution in [0, 0.1) is 5.92 Å². The molecule has 2 aliphatic heterocycles. The highest BCUT2D eigenvalue weighted by Gasteiger charge is 2.44. The fourth-order valence-corrected chi connectivity index (χ4v) is 3.12. The lowest BCUT2D eigenvalue weighted by Crippen LogP contribution is -2.54. The third-order valence-electron chi connectivity index (χ3n) is 4.15. The molecule has 23 heavy (non-hydrogen) atoms. The Balaban J connectivity index is 1.91. The maximum Gasteiger partial charge on any atom is 0.262 e. The van der Waals surface area contributed by atoms with Crippen molar-refractivity contribution in [2.45, 2.75) is 39.2 Å². The van der Waals surface area contributed by atoms with Crippen LogP contribution in [0.3, 0.4) is 0 Å². The minimum atomic E-state index is -0.909. The van der Waals surface area contributed by atoms with Crippen molar-refractivity contribution in [2.75, 3.05) is 0 Å². The van der Waals surface area contributed by atoms with E-state index in [4.69, 9.17) is 0 Å². The van der Waals surface area contributed by atoms with E-state index < -0.39 is 23.8 Å². The van der Waals surface area contributed by atoms with E-state index in [-0.39, 0.29) is 18.7 Å². The van der Waals surface area contributed by atoms with Gasteiger partial charge in [-0.1, -0.05) is 19.9 Å². The second kappa shape index (κ2) is 5.61. The highest BCUT2D eigenvalue weighted by atomic mass is 16.2. The zero-order chi connectivity index (χ0) is 16.7. The number of benzene rings is 1. The number of fused-ring (bicyclic) bond motifs is 1. The lowest BCUT2D eigenvalue weighted by Gasteiger charge is -2.27. The van der Waals surface area contributed by atoms with Crippen LogP contribution in [0.2, 0.25) is 0 Å². The Morgan fingerprint density at radius 3 is 2.48 bits per heavy atom. The second-order valence-corrected chi connectivity index (χ2v) is 6.43. The Bertz CT molecular complexity index is 723. The fourth-order valence-electron chi connectivity index (χ4n) is 3.12. The molecular formula is C17H18N2O4. The summed E-state index contributed by atoms with van der Waals surface area (Å²) in [4.78, 5) is 49.3. The molecule has 0 aliphatic carbocycles. The van der Waals surface area contributed by atoms with Crippen LogP contribution >= 0.6 is 0 Å². The number of piperidine rings is 1. The molecule has 120 valence electrons. The Morgan fingerprint density at radius 1 is 1.13 bits per heavy atom. The summed E-state index contributed by atoms with van der Waals surface area (Å²) in [6.45, 7) is 4.16. The third-order valence-corrected chi connectivity index (χ3v) is 4.15. The number of amides is 4. The van der Waals surface area contributed by atoms with Crippen molar-refractivity contribution >= 4 is 23.6 Å². The molecular weight excluding hydrogens is 296 g/mol. The standard InChI is InChI=1S/C17H18N2O4/c1-9(2)7-10-3-4-11-12(8-10)17(23)19(16(11)22)13-5-6-14(20)18-15(13)21/h3-4,8-9,13H,5-7H2,1-2H3,(H,18,20,21). The van der Waals surface area contributed by atoms with Crippen molar-refractivity contribution in [3.05, 3.63) is 34.9 Å².